The number of alkyl halides is 3. The van der Waals surface area contributed by atoms with Crippen molar-refractivity contribution in [3.63, 3.8) is 0 Å². The maximum Gasteiger partial charge on any atom is 0.419 e. The number of rotatable bonds is 6. The van der Waals surface area contributed by atoms with Crippen LogP contribution in [0, 0.1) is 11.7 Å². The summed E-state index contributed by atoms with van der Waals surface area (Å²) in [5, 5.41) is 3.21. The average molecular weight is 291 g/mol. The first kappa shape index (κ1) is 17.0. The normalized spacial score (nSPS) is 13.8. The highest BCUT2D eigenvalue weighted by molar-refractivity contribution is 5.30. The fourth-order valence-corrected chi connectivity index (χ4v) is 2.49. The zero-order valence-electron chi connectivity index (χ0n) is 12.0. The van der Waals surface area contributed by atoms with Crippen molar-refractivity contribution in [3.8, 4) is 0 Å². The van der Waals surface area contributed by atoms with E-state index in [1.54, 1.807) is 0 Å². The first-order valence-corrected chi connectivity index (χ1v) is 6.95. The Kier molecular flexibility index (Phi) is 5.99. The molecule has 1 nitrogen and oxygen atoms in total. The van der Waals surface area contributed by atoms with Crippen LogP contribution in [0.5, 0.6) is 0 Å². The molecule has 20 heavy (non-hydrogen) atoms. The van der Waals surface area contributed by atoms with Crippen molar-refractivity contribution in [2.75, 3.05) is 6.54 Å². The summed E-state index contributed by atoms with van der Waals surface area (Å²) in [5.41, 5.74) is -0.696. The van der Waals surface area contributed by atoms with Gasteiger partial charge in [-0.25, -0.2) is 4.39 Å². The van der Waals surface area contributed by atoms with Gasteiger partial charge in [0.25, 0.3) is 0 Å². The second kappa shape index (κ2) is 7.07. The third-order valence-corrected chi connectivity index (χ3v) is 3.60. The molecule has 1 N–H and O–H groups in total. The van der Waals surface area contributed by atoms with Crippen molar-refractivity contribution in [3.05, 3.63) is 35.1 Å². The maximum absolute atomic E-state index is 13.3. The van der Waals surface area contributed by atoms with Crippen LogP contribution in [0.4, 0.5) is 17.6 Å². The molecule has 5 heteroatoms. The molecule has 0 aromatic heterocycles. The Bertz CT molecular complexity index is 424. The highest BCUT2D eigenvalue weighted by atomic mass is 19.4. The Labute approximate surface area is 117 Å². The molecule has 1 aromatic carbocycles. The molecule has 0 aliphatic carbocycles. The minimum Gasteiger partial charge on any atom is -0.310 e. The highest BCUT2D eigenvalue weighted by Crippen LogP contribution is 2.35. The minimum absolute atomic E-state index is 0.184. The monoisotopic (exact) mass is 291 g/mol. The van der Waals surface area contributed by atoms with Crippen LogP contribution in [0.3, 0.4) is 0 Å². The summed E-state index contributed by atoms with van der Waals surface area (Å²) in [6, 6.07) is 3.10. The quantitative estimate of drug-likeness (QED) is 0.733. The second-order valence-corrected chi connectivity index (χ2v) is 4.85. The van der Waals surface area contributed by atoms with Crippen LogP contribution >= 0.6 is 0 Å². The molecule has 1 atom stereocenters. The summed E-state index contributed by atoms with van der Waals surface area (Å²) in [6.45, 7) is 6.57. The van der Waals surface area contributed by atoms with E-state index in [0.717, 1.165) is 25.0 Å². The number of hydrogen-bond donors (Lipinski definition) is 1. The second-order valence-electron chi connectivity index (χ2n) is 4.85. The number of hydrogen-bond acceptors (Lipinski definition) is 1. The molecule has 1 rings (SSSR count). The fraction of sp³-hybridized carbons (Fsp3) is 0.600. The predicted octanol–water partition coefficient (Wildman–Crippen LogP) is 4.93. The molecule has 1 unspecified atom stereocenters. The molecule has 0 aliphatic heterocycles. The molecule has 0 saturated heterocycles. The summed E-state index contributed by atoms with van der Waals surface area (Å²) in [4.78, 5) is 0. The number of benzene rings is 1. The van der Waals surface area contributed by atoms with Crippen LogP contribution in [0.2, 0.25) is 0 Å². The summed E-state index contributed by atoms with van der Waals surface area (Å²) in [6.07, 6.45) is -2.95. The third kappa shape index (κ3) is 3.95. The van der Waals surface area contributed by atoms with Gasteiger partial charge in [0.15, 0.2) is 0 Å². The Balaban J connectivity index is 3.21. The van der Waals surface area contributed by atoms with E-state index in [4.69, 9.17) is 0 Å². The van der Waals surface area contributed by atoms with Crippen LogP contribution < -0.4 is 5.32 Å². The Morgan fingerprint density at radius 1 is 1.10 bits per heavy atom. The Morgan fingerprint density at radius 3 is 2.15 bits per heavy atom. The first-order valence-electron chi connectivity index (χ1n) is 6.95. The third-order valence-electron chi connectivity index (χ3n) is 3.60. The van der Waals surface area contributed by atoms with Gasteiger partial charge in [-0.05, 0) is 30.2 Å². The molecule has 0 amide bonds. The molecule has 0 radical (unpaired) electrons. The number of halogens is 4. The summed E-state index contributed by atoms with van der Waals surface area (Å²) in [5.74, 6) is -0.998. The van der Waals surface area contributed by atoms with Crippen LogP contribution in [0.15, 0.2) is 18.2 Å². The van der Waals surface area contributed by atoms with E-state index in [0.29, 0.717) is 12.1 Å². The van der Waals surface area contributed by atoms with Gasteiger partial charge >= 0.3 is 6.18 Å². The van der Waals surface area contributed by atoms with Crippen LogP contribution in [-0.4, -0.2) is 6.54 Å². The topological polar surface area (TPSA) is 12.0 Å². The van der Waals surface area contributed by atoms with Gasteiger partial charge in [0.05, 0.1) is 5.56 Å². The van der Waals surface area contributed by atoms with E-state index in [9.17, 15) is 17.6 Å². The standard InChI is InChI=1S/C15H21F4N/c1-4-10(5-2)14(20-6-3)11-7-8-13(16)12(9-11)15(17,18)19/h7-10,14,20H,4-6H2,1-3H3. The largest absolute Gasteiger partial charge is 0.419 e. The van der Waals surface area contributed by atoms with E-state index in [1.807, 2.05) is 20.8 Å². The summed E-state index contributed by atoms with van der Waals surface area (Å²) < 4.78 is 51.7. The fourth-order valence-electron chi connectivity index (χ4n) is 2.49. The van der Waals surface area contributed by atoms with E-state index in [1.165, 1.54) is 6.07 Å². The van der Waals surface area contributed by atoms with Crippen LogP contribution in [-0.2, 0) is 6.18 Å². The zero-order valence-corrected chi connectivity index (χ0v) is 12.0. The van der Waals surface area contributed by atoms with Gasteiger partial charge in [0.2, 0.25) is 0 Å². The van der Waals surface area contributed by atoms with Gasteiger partial charge in [0.1, 0.15) is 5.82 Å². The molecule has 0 spiro atoms. The molecule has 1 aromatic rings. The van der Waals surface area contributed by atoms with Crippen LogP contribution in [0.1, 0.15) is 50.8 Å². The van der Waals surface area contributed by atoms with E-state index in [2.05, 4.69) is 5.32 Å². The van der Waals surface area contributed by atoms with Crippen molar-refractivity contribution < 1.29 is 17.6 Å². The molecular weight excluding hydrogens is 270 g/mol. The molecule has 0 fully saturated rings. The molecule has 0 aliphatic rings. The van der Waals surface area contributed by atoms with Gasteiger partial charge in [-0.15, -0.1) is 0 Å². The number of nitrogens with one attached hydrogen (secondary N) is 1. The van der Waals surface area contributed by atoms with Crippen molar-refractivity contribution in [1.29, 1.82) is 0 Å². The zero-order chi connectivity index (χ0) is 15.3. The molecule has 0 heterocycles. The highest BCUT2D eigenvalue weighted by Gasteiger charge is 2.35. The van der Waals surface area contributed by atoms with Crippen molar-refractivity contribution in [1.82, 2.24) is 5.32 Å². The first-order chi connectivity index (χ1) is 9.35. The minimum atomic E-state index is -4.66. The summed E-state index contributed by atoms with van der Waals surface area (Å²) >= 11 is 0. The molecule has 0 bridgehead atoms. The molecule has 114 valence electrons. The van der Waals surface area contributed by atoms with Crippen molar-refractivity contribution in [2.24, 2.45) is 5.92 Å². The van der Waals surface area contributed by atoms with E-state index in [-0.39, 0.29) is 12.0 Å². The van der Waals surface area contributed by atoms with E-state index >= 15 is 0 Å². The predicted molar refractivity (Wildman–Crippen MR) is 71.9 cm³/mol. The molecule has 0 saturated carbocycles. The Hall–Kier alpha value is -1.10. The van der Waals surface area contributed by atoms with Gasteiger partial charge in [-0.3, -0.25) is 0 Å². The van der Waals surface area contributed by atoms with Gasteiger partial charge in [-0.2, -0.15) is 13.2 Å². The van der Waals surface area contributed by atoms with Gasteiger partial charge in [-0.1, -0.05) is 39.7 Å². The SMILES string of the molecule is CCNC(c1ccc(F)c(C(F)(F)F)c1)C(CC)CC. The van der Waals surface area contributed by atoms with Crippen molar-refractivity contribution in [2.45, 2.75) is 45.8 Å². The van der Waals surface area contributed by atoms with Crippen molar-refractivity contribution >= 4 is 0 Å². The van der Waals surface area contributed by atoms with E-state index < -0.39 is 17.6 Å². The lowest BCUT2D eigenvalue weighted by molar-refractivity contribution is -0.140. The maximum atomic E-state index is 13.3. The lowest BCUT2D eigenvalue weighted by atomic mass is 9.88. The Morgan fingerprint density at radius 2 is 1.70 bits per heavy atom. The smallest absolute Gasteiger partial charge is 0.310 e. The van der Waals surface area contributed by atoms with Crippen LogP contribution in [0.25, 0.3) is 0 Å². The van der Waals surface area contributed by atoms with Gasteiger partial charge in [0, 0.05) is 6.04 Å². The van der Waals surface area contributed by atoms with Gasteiger partial charge < -0.3 is 5.32 Å². The average Bonchev–Trinajstić information content (AvgIpc) is 2.38. The lowest BCUT2D eigenvalue weighted by Gasteiger charge is -2.27. The lowest BCUT2D eigenvalue weighted by Crippen LogP contribution is -2.28. The molecular formula is C15H21F4N. The summed E-state index contributed by atoms with van der Waals surface area (Å²) in [7, 11) is 0.